The number of nitrogens with one attached hydrogen (secondary N) is 3. The number of aryl methyl sites for hydroxylation is 2. The molecule has 1 aromatic carbocycles. The molecule has 39 heavy (non-hydrogen) atoms. The van der Waals surface area contributed by atoms with Crippen molar-refractivity contribution < 1.29 is 23.1 Å². The number of amides is 2. The number of aromatic amines is 1. The molecule has 0 radical (unpaired) electrons. The van der Waals surface area contributed by atoms with Crippen LogP contribution >= 0.6 is 0 Å². The lowest BCUT2D eigenvalue weighted by atomic mass is 9.93. The summed E-state index contributed by atoms with van der Waals surface area (Å²) in [7, 11) is 3.03. The van der Waals surface area contributed by atoms with Crippen molar-refractivity contribution in [3.05, 3.63) is 111 Å². The SMILES string of the molecule is COC[C@H](c1ccnc(NC(=O)[C@@H](NC(=O)c2ccnn2C)c2ccc(F)c(C)c2)c1)c1cc(F)c[nH]c1=O. The fraction of sp³-hybridized carbons (Fsp3) is 0.222. The standard InChI is InChI=1S/C27H26F2N6O4/c1-15-10-17(4-5-21(15)29)24(34-26(37)22-7-9-32-35(22)2)27(38)33-23-11-16(6-8-30-23)20(14-39-3)19-12-18(28)13-31-25(19)36/h4-13,20,24H,14H2,1-3H3,(H,31,36)(H,34,37)(H,30,33,38)/t20-,24+/m1/s1. The molecule has 2 amide bonds. The Bertz CT molecular complexity index is 1570. The zero-order valence-corrected chi connectivity index (χ0v) is 21.4. The molecule has 202 valence electrons. The van der Waals surface area contributed by atoms with Crippen LogP contribution in [0.2, 0.25) is 0 Å². The number of halogens is 2. The van der Waals surface area contributed by atoms with Gasteiger partial charge in [0.15, 0.2) is 0 Å². The Morgan fingerprint density at radius 3 is 2.59 bits per heavy atom. The summed E-state index contributed by atoms with van der Waals surface area (Å²) >= 11 is 0. The van der Waals surface area contributed by atoms with Gasteiger partial charge in [-0.25, -0.2) is 13.8 Å². The third-order valence-electron chi connectivity index (χ3n) is 6.15. The van der Waals surface area contributed by atoms with Crippen molar-refractivity contribution in [3.8, 4) is 0 Å². The summed E-state index contributed by atoms with van der Waals surface area (Å²) in [4.78, 5) is 45.3. The van der Waals surface area contributed by atoms with Crippen molar-refractivity contribution in [3.63, 3.8) is 0 Å². The fourth-order valence-corrected chi connectivity index (χ4v) is 4.14. The zero-order chi connectivity index (χ0) is 28.1. The van der Waals surface area contributed by atoms with Gasteiger partial charge in [0.1, 0.15) is 29.2 Å². The van der Waals surface area contributed by atoms with E-state index in [1.807, 2.05) is 0 Å². The largest absolute Gasteiger partial charge is 0.384 e. The third-order valence-corrected chi connectivity index (χ3v) is 6.15. The zero-order valence-electron chi connectivity index (χ0n) is 21.4. The van der Waals surface area contributed by atoms with Crippen molar-refractivity contribution in [1.29, 1.82) is 0 Å². The molecule has 3 N–H and O–H groups in total. The fourth-order valence-electron chi connectivity index (χ4n) is 4.14. The minimum absolute atomic E-state index is 0.0577. The molecule has 4 aromatic rings. The van der Waals surface area contributed by atoms with E-state index in [-0.39, 0.29) is 23.7 Å². The Morgan fingerprint density at radius 2 is 1.90 bits per heavy atom. The first kappa shape index (κ1) is 27.3. The molecule has 3 heterocycles. The molecule has 10 nitrogen and oxygen atoms in total. The number of anilines is 1. The van der Waals surface area contributed by atoms with Crippen molar-refractivity contribution in [2.45, 2.75) is 18.9 Å². The van der Waals surface area contributed by atoms with E-state index in [0.29, 0.717) is 16.7 Å². The molecule has 3 aromatic heterocycles. The van der Waals surface area contributed by atoms with Crippen LogP contribution in [0.25, 0.3) is 0 Å². The second-order valence-corrected chi connectivity index (χ2v) is 8.83. The highest BCUT2D eigenvalue weighted by Gasteiger charge is 2.26. The van der Waals surface area contributed by atoms with Crippen LogP contribution in [0.15, 0.2) is 65.8 Å². The maximum Gasteiger partial charge on any atom is 0.270 e. The molecule has 12 heteroatoms. The summed E-state index contributed by atoms with van der Waals surface area (Å²) in [5.41, 5.74) is 1.05. The number of H-pyrrole nitrogens is 1. The van der Waals surface area contributed by atoms with Gasteiger partial charge in [-0.15, -0.1) is 0 Å². The van der Waals surface area contributed by atoms with Gasteiger partial charge in [-0.1, -0.05) is 12.1 Å². The molecule has 2 atom stereocenters. The summed E-state index contributed by atoms with van der Waals surface area (Å²) in [5.74, 6) is -2.83. The van der Waals surface area contributed by atoms with Crippen molar-refractivity contribution in [2.24, 2.45) is 7.05 Å². The number of nitrogens with zero attached hydrogens (tertiary/aromatic N) is 3. The minimum Gasteiger partial charge on any atom is -0.384 e. The highest BCUT2D eigenvalue weighted by atomic mass is 19.1. The summed E-state index contributed by atoms with van der Waals surface area (Å²) in [6.45, 7) is 1.61. The van der Waals surface area contributed by atoms with E-state index in [1.165, 1.54) is 54.5 Å². The van der Waals surface area contributed by atoms with E-state index in [4.69, 9.17) is 4.74 Å². The molecule has 0 unspecified atom stereocenters. The lowest BCUT2D eigenvalue weighted by molar-refractivity contribution is -0.118. The molecule has 0 spiro atoms. The van der Waals surface area contributed by atoms with Gasteiger partial charge in [-0.05, 0) is 53.9 Å². The second-order valence-electron chi connectivity index (χ2n) is 8.83. The monoisotopic (exact) mass is 536 g/mol. The van der Waals surface area contributed by atoms with Gasteiger partial charge in [-0.3, -0.25) is 19.1 Å². The molecule has 0 saturated heterocycles. The van der Waals surface area contributed by atoms with E-state index in [9.17, 15) is 23.2 Å². The first-order valence-electron chi connectivity index (χ1n) is 11.9. The summed E-state index contributed by atoms with van der Waals surface area (Å²) in [6, 6.07) is 8.65. The highest BCUT2D eigenvalue weighted by Crippen LogP contribution is 2.25. The van der Waals surface area contributed by atoms with Crippen LogP contribution in [-0.4, -0.2) is 45.3 Å². The Balaban J connectivity index is 1.65. The van der Waals surface area contributed by atoms with Crippen LogP contribution in [0, 0.1) is 18.6 Å². The van der Waals surface area contributed by atoms with Gasteiger partial charge in [0.2, 0.25) is 0 Å². The Morgan fingerprint density at radius 1 is 1.10 bits per heavy atom. The predicted octanol–water partition coefficient (Wildman–Crippen LogP) is 2.98. The number of hydrogen-bond donors (Lipinski definition) is 3. The van der Waals surface area contributed by atoms with Crippen LogP contribution in [0.5, 0.6) is 0 Å². The number of aromatic nitrogens is 4. The molecule has 0 aliphatic heterocycles. The lowest BCUT2D eigenvalue weighted by Gasteiger charge is -2.20. The van der Waals surface area contributed by atoms with Crippen LogP contribution in [0.3, 0.4) is 0 Å². The normalized spacial score (nSPS) is 12.5. The molecule has 0 saturated carbocycles. The Labute approximate surface area is 222 Å². The first-order chi connectivity index (χ1) is 18.7. The maximum absolute atomic E-state index is 14.0. The van der Waals surface area contributed by atoms with Gasteiger partial charge in [0, 0.05) is 44.2 Å². The summed E-state index contributed by atoms with van der Waals surface area (Å²) in [6.07, 6.45) is 3.83. The van der Waals surface area contributed by atoms with E-state index in [1.54, 1.807) is 20.0 Å². The Hall–Kier alpha value is -4.71. The molecule has 0 aliphatic rings. The van der Waals surface area contributed by atoms with Crippen LogP contribution < -0.4 is 16.2 Å². The van der Waals surface area contributed by atoms with Gasteiger partial charge in [0.05, 0.1) is 6.61 Å². The number of pyridine rings is 2. The van der Waals surface area contributed by atoms with Crippen LogP contribution in [0.1, 0.15) is 44.7 Å². The van der Waals surface area contributed by atoms with Crippen molar-refractivity contribution in [2.75, 3.05) is 19.0 Å². The molecule has 0 aliphatic carbocycles. The molecule has 0 bridgehead atoms. The van der Waals surface area contributed by atoms with E-state index in [2.05, 4.69) is 25.7 Å². The number of hydrogen-bond acceptors (Lipinski definition) is 6. The lowest BCUT2D eigenvalue weighted by Crippen LogP contribution is -2.38. The van der Waals surface area contributed by atoms with Gasteiger partial charge in [0.25, 0.3) is 17.4 Å². The third kappa shape index (κ3) is 6.24. The first-order valence-corrected chi connectivity index (χ1v) is 11.9. The van der Waals surface area contributed by atoms with E-state index in [0.717, 1.165) is 12.3 Å². The van der Waals surface area contributed by atoms with Gasteiger partial charge in [-0.2, -0.15) is 5.10 Å². The average molecular weight is 537 g/mol. The van der Waals surface area contributed by atoms with Crippen molar-refractivity contribution >= 4 is 17.6 Å². The molecular formula is C27H26F2N6O4. The van der Waals surface area contributed by atoms with Gasteiger partial charge < -0.3 is 20.4 Å². The highest BCUT2D eigenvalue weighted by molar-refractivity contribution is 6.00. The second kappa shape index (κ2) is 11.8. The molecule has 0 fully saturated rings. The summed E-state index contributed by atoms with van der Waals surface area (Å²) in [5, 5.41) is 9.32. The number of ether oxygens (including phenoxy) is 1. The van der Waals surface area contributed by atoms with Crippen LogP contribution in [-0.2, 0) is 16.6 Å². The number of carbonyl (C=O) groups excluding carboxylic acids is 2. The number of methoxy groups -OCH3 is 1. The Kier molecular flexibility index (Phi) is 8.25. The average Bonchev–Trinajstić information content (AvgIpc) is 3.35. The number of rotatable bonds is 9. The van der Waals surface area contributed by atoms with Gasteiger partial charge >= 0.3 is 0 Å². The minimum atomic E-state index is -1.21. The smallest absolute Gasteiger partial charge is 0.270 e. The van der Waals surface area contributed by atoms with E-state index < -0.39 is 41.0 Å². The van der Waals surface area contributed by atoms with Crippen LogP contribution in [0.4, 0.5) is 14.6 Å². The maximum atomic E-state index is 14.0. The quantitative estimate of drug-likeness (QED) is 0.302. The molecule has 4 rings (SSSR count). The summed E-state index contributed by atoms with van der Waals surface area (Å²) < 4.78 is 34.5. The number of benzene rings is 1. The predicted molar refractivity (Wildman–Crippen MR) is 138 cm³/mol. The number of carbonyl (C=O) groups is 2. The topological polar surface area (TPSA) is 131 Å². The van der Waals surface area contributed by atoms with E-state index >= 15 is 0 Å². The molecular weight excluding hydrogens is 510 g/mol. The van der Waals surface area contributed by atoms with Crippen molar-refractivity contribution in [1.82, 2.24) is 25.1 Å².